The molecule has 0 spiro atoms. The van der Waals surface area contributed by atoms with Crippen molar-refractivity contribution in [1.29, 1.82) is 0 Å². The molecule has 116 valence electrons. The summed E-state index contributed by atoms with van der Waals surface area (Å²) in [6.07, 6.45) is 2.88. The summed E-state index contributed by atoms with van der Waals surface area (Å²) in [7, 11) is -3.22. The predicted octanol–water partition coefficient (Wildman–Crippen LogP) is 2.97. The molecule has 0 bridgehead atoms. The van der Waals surface area contributed by atoms with Crippen molar-refractivity contribution in [3.63, 3.8) is 0 Å². The Morgan fingerprint density at radius 3 is 2.64 bits per heavy atom. The van der Waals surface area contributed by atoms with Gasteiger partial charge in [-0.25, -0.2) is 13.4 Å². The van der Waals surface area contributed by atoms with Gasteiger partial charge in [-0.15, -0.1) is 0 Å². The molecule has 1 atom stereocenters. The summed E-state index contributed by atoms with van der Waals surface area (Å²) in [5, 5.41) is 0. The van der Waals surface area contributed by atoms with Crippen molar-refractivity contribution >= 4 is 10.0 Å². The Bertz CT molecular complexity index is 747. The van der Waals surface area contributed by atoms with Crippen LogP contribution in [0.3, 0.4) is 0 Å². The molecule has 0 radical (unpaired) electrons. The molecule has 1 aliphatic rings. The van der Waals surface area contributed by atoms with E-state index in [-0.39, 0.29) is 6.04 Å². The number of hydrogen-bond donors (Lipinski definition) is 0. The van der Waals surface area contributed by atoms with Gasteiger partial charge in [-0.3, -0.25) is 0 Å². The van der Waals surface area contributed by atoms with E-state index in [1.165, 1.54) is 10.6 Å². The first-order valence-electron chi connectivity index (χ1n) is 7.21. The third-order valence-electron chi connectivity index (χ3n) is 3.68. The van der Waals surface area contributed by atoms with Gasteiger partial charge in [0.25, 0.3) is 0 Å². The number of para-hydroxylation sites is 1. The largest absolute Gasteiger partial charge is 0.439 e. The predicted molar refractivity (Wildman–Crippen MR) is 84.3 cm³/mol. The maximum absolute atomic E-state index is 11.9. The smallest absolute Gasteiger partial charge is 0.219 e. The van der Waals surface area contributed by atoms with Gasteiger partial charge >= 0.3 is 0 Å². The lowest BCUT2D eigenvalue weighted by atomic mass is 10.1. The summed E-state index contributed by atoms with van der Waals surface area (Å²) in [5.74, 6) is 1.18. The molecule has 1 saturated heterocycles. The molecule has 2 heterocycles. The highest BCUT2D eigenvalue weighted by molar-refractivity contribution is 7.88. The van der Waals surface area contributed by atoms with Gasteiger partial charge in [0.2, 0.25) is 15.9 Å². The molecule has 0 amide bonds. The highest BCUT2D eigenvalue weighted by Crippen LogP contribution is 2.33. The summed E-state index contributed by atoms with van der Waals surface area (Å²) in [4.78, 5) is 4.49. The zero-order valence-electron chi connectivity index (χ0n) is 12.3. The van der Waals surface area contributed by atoms with Crippen LogP contribution in [0.4, 0.5) is 0 Å². The number of benzene rings is 1. The lowest BCUT2D eigenvalue weighted by molar-refractivity contribution is 0.387. The second-order valence-electron chi connectivity index (χ2n) is 5.35. The first-order chi connectivity index (χ1) is 10.5. The van der Waals surface area contributed by atoms with Crippen molar-refractivity contribution in [2.75, 3.05) is 12.8 Å². The standard InChI is InChI=1S/C16H18N2O3S/c1-22(19,20)18-12-6-10-15(18)14-9-5-11-16(17-14)21-13-7-3-2-4-8-13/h2-5,7-9,11,15H,6,10,12H2,1H3/t15-/m0/s1. The van der Waals surface area contributed by atoms with Crippen LogP contribution in [-0.4, -0.2) is 30.5 Å². The number of aromatic nitrogens is 1. The Hall–Kier alpha value is -1.92. The number of nitrogens with zero attached hydrogens (tertiary/aromatic N) is 2. The van der Waals surface area contributed by atoms with E-state index in [9.17, 15) is 8.42 Å². The second kappa shape index (κ2) is 6.06. The van der Waals surface area contributed by atoms with E-state index >= 15 is 0 Å². The van der Waals surface area contributed by atoms with Crippen LogP contribution < -0.4 is 4.74 Å². The fourth-order valence-electron chi connectivity index (χ4n) is 2.72. The molecule has 1 aromatic heterocycles. The highest BCUT2D eigenvalue weighted by Gasteiger charge is 2.33. The van der Waals surface area contributed by atoms with Crippen molar-refractivity contribution in [1.82, 2.24) is 9.29 Å². The lowest BCUT2D eigenvalue weighted by Crippen LogP contribution is -2.29. The maximum atomic E-state index is 11.9. The number of rotatable bonds is 4. The molecule has 0 unspecified atom stereocenters. The zero-order chi connectivity index (χ0) is 15.6. The molecule has 3 rings (SSSR count). The Balaban J connectivity index is 1.85. The van der Waals surface area contributed by atoms with Crippen LogP contribution in [0.1, 0.15) is 24.6 Å². The first-order valence-corrected chi connectivity index (χ1v) is 9.05. The monoisotopic (exact) mass is 318 g/mol. The van der Waals surface area contributed by atoms with Gasteiger partial charge in [0, 0.05) is 12.6 Å². The summed E-state index contributed by atoms with van der Waals surface area (Å²) in [6.45, 7) is 0.551. The lowest BCUT2D eigenvalue weighted by Gasteiger charge is -2.21. The number of sulfonamides is 1. The molecule has 1 fully saturated rings. The SMILES string of the molecule is CS(=O)(=O)N1CCC[C@H]1c1cccc(Oc2ccccc2)n1. The Kier molecular flexibility index (Phi) is 4.13. The maximum Gasteiger partial charge on any atom is 0.219 e. The molecule has 0 saturated carbocycles. The van der Waals surface area contributed by atoms with Gasteiger partial charge < -0.3 is 4.74 Å². The third-order valence-corrected chi connectivity index (χ3v) is 4.97. The normalized spacial score (nSPS) is 19.2. The van der Waals surface area contributed by atoms with Gasteiger partial charge in [0.1, 0.15) is 5.75 Å². The van der Waals surface area contributed by atoms with Crippen LogP contribution in [0.15, 0.2) is 48.5 Å². The van der Waals surface area contributed by atoms with Crippen molar-refractivity contribution in [3.05, 3.63) is 54.2 Å². The summed E-state index contributed by atoms with van der Waals surface area (Å²) in [5.41, 5.74) is 0.733. The quantitative estimate of drug-likeness (QED) is 0.869. The van der Waals surface area contributed by atoms with E-state index in [1.807, 2.05) is 42.5 Å². The third kappa shape index (κ3) is 3.28. The molecule has 2 aromatic rings. The fraction of sp³-hybridized carbons (Fsp3) is 0.312. The number of hydrogen-bond acceptors (Lipinski definition) is 4. The van der Waals surface area contributed by atoms with Crippen LogP contribution >= 0.6 is 0 Å². The van der Waals surface area contributed by atoms with Crippen LogP contribution in [0.25, 0.3) is 0 Å². The van der Waals surface area contributed by atoms with Gasteiger partial charge in [-0.05, 0) is 31.0 Å². The van der Waals surface area contributed by atoms with E-state index in [1.54, 1.807) is 6.07 Å². The van der Waals surface area contributed by atoms with Crippen LogP contribution in [0.5, 0.6) is 11.6 Å². The summed E-state index contributed by atoms with van der Waals surface area (Å²) >= 11 is 0. The minimum atomic E-state index is -3.22. The van der Waals surface area contributed by atoms with Gasteiger partial charge in [-0.1, -0.05) is 24.3 Å². The van der Waals surface area contributed by atoms with Gasteiger partial charge in [0.05, 0.1) is 18.0 Å². The molecule has 0 N–H and O–H groups in total. The average molecular weight is 318 g/mol. The molecule has 1 aromatic carbocycles. The highest BCUT2D eigenvalue weighted by atomic mass is 32.2. The van der Waals surface area contributed by atoms with E-state index in [0.717, 1.165) is 18.5 Å². The minimum Gasteiger partial charge on any atom is -0.439 e. The van der Waals surface area contributed by atoms with Crippen molar-refractivity contribution < 1.29 is 13.2 Å². The summed E-state index contributed by atoms with van der Waals surface area (Å²) in [6, 6.07) is 14.7. The van der Waals surface area contributed by atoms with Crippen molar-refractivity contribution in [2.45, 2.75) is 18.9 Å². The van der Waals surface area contributed by atoms with Crippen LogP contribution in [0, 0.1) is 0 Å². The molecule has 1 aliphatic heterocycles. The molecular weight excluding hydrogens is 300 g/mol. The first kappa shape index (κ1) is 15.0. The zero-order valence-corrected chi connectivity index (χ0v) is 13.2. The van der Waals surface area contributed by atoms with E-state index in [4.69, 9.17) is 4.74 Å². The number of ether oxygens (including phenoxy) is 1. The fourth-order valence-corrected chi connectivity index (χ4v) is 3.85. The number of pyridine rings is 1. The topological polar surface area (TPSA) is 59.5 Å². The average Bonchev–Trinajstić information content (AvgIpc) is 2.98. The van der Waals surface area contributed by atoms with Crippen LogP contribution in [-0.2, 0) is 10.0 Å². The van der Waals surface area contributed by atoms with Crippen molar-refractivity contribution in [2.24, 2.45) is 0 Å². The molecule has 22 heavy (non-hydrogen) atoms. The molecule has 0 aliphatic carbocycles. The molecular formula is C16H18N2O3S. The second-order valence-corrected chi connectivity index (χ2v) is 7.28. The Morgan fingerprint density at radius 2 is 1.91 bits per heavy atom. The van der Waals surface area contributed by atoms with E-state index < -0.39 is 10.0 Å². The molecule has 6 heteroatoms. The molecule has 5 nitrogen and oxygen atoms in total. The van der Waals surface area contributed by atoms with Gasteiger partial charge in [0.15, 0.2) is 0 Å². The van der Waals surface area contributed by atoms with Gasteiger partial charge in [-0.2, -0.15) is 4.31 Å². The van der Waals surface area contributed by atoms with Crippen LogP contribution in [0.2, 0.25) is 0 Å². The Morgan fingerprint density at radius 1 is 1.14 bits per heavy atom. The minimum absolute atomic E-state index is 0.200. The van der Waals surface area contributed by atoms with E-state index in [0.29, 0.717) is 18.2 Å². The van der Waals surface area contributed by atoms with E-state index in [2.05, 4.69) is 4.98 Å². The Labute approximate surface area is 130 Å². The summed E-state index contributed by atoms with van der Waals surface area (Å²) < 4.78 is 31.0. The van der Waals surface area contributed by atoms with Crippen molar-refractivity contribution in [3.8, 4) is 11.6 Å².